The number of benzene rings is 1. The molecule has 1 aromatic rings. The van der Waals surface area contributed by atoms with Gasteiger partial charge in [-0.15, -0.1) is 17.0 Å². The third kappa shape index (κ3) is 7.36. The summed E-state index contributed by atoms with van der Waals surface area (Å²) in [5.41, 5.74) is 1.31. The van der Waals surface area contributed by atoms with E-state index in [1.165, 1.54) is 50.5 Å². The summed E-state index contributed by atoms with van der Waals surface area (Å²) in [6, 6.07) is 10.7. The minimum absolute atomic E-state index is 0. The zero-order chi connectivity index (χ0) is 16.3. The monoisotopic (exact) mass is 385 g/mol. The summed E-state index contributed by atoms with van der Waals surface area (Å²) in [6.07, 6.45) is 11.2. The molecule has 0 saturated carbocycles. The van der Waals surface area contributed by atoms with Gasteiger partial charge in [-0.25, -0.2) is 0 Å². The quantitative estimate of drug-likeness (QED) is 0.477. The molecule has 0 amide bonds. The van der Waals surface area contributed by atoms with Gasteiger partial charge in [0.15, 0.2) is 0 Å². The summed E-state index contributed by atoms with van der Waals surface area (Å²) in [6.45, 7) is 2.50. The maximum absolute atomic E-state index is 9.59. The minimum Gasteiger partial charge on any atom is -0.396 e. The molecule has 0 heterocycles. The van der Waals surface area contributed by atoms with E-state index >= 15 is 0 Å². The van der Waals surface area contributed by atoms with Gasteiger partial charge >= 0.3 is 0 Å². The first-order valence-corrected chi connectivity index (χ1v) is 9.01. The van der Waals surface area contributed by atoms with Gasteiger partial charge in [-0.2, -0.15) is 0 Å². The molecule has 1 N–H and O–H groups in total. The van der Waals surface area contributed by atoms with E-state index in [0.29, 0.717) is 0 Å². The number of hydrogen-bond donors (Lipinski definition) is 1. The van der Waals surface area contributed by atoms with Gasteiger partial charge in [-0.1, -0.05) is 82.2 Å². The molecule has 0 bridgehead atoms. The van der Waals surface area contributed by atoms with Gasteiger partial charge in [0, 0.05) is 12.1 Å². The van der Waals surface area contributed by atoms with Gasteiger partial charge in [0.2, 0.25) is 0 Å². The summed E-state index contributed by atoms with van der Waals surface area (Å²) >= 11 is 0. The van der Waals surface area contributed by atoms with E-state index in [9.17, 15) is 5.11 Å². The molecule has 0 aromatic heterocycles. The van der Waals surface area contributed by atoms with E-state index in [4.69, 9.17) is 0 Å². The maximum Gasteiger partial charge on any atom is 0.0476 e. The lowest BCUT2D eigenvalue weighted by Gasteiger charge is -2.40. The fraction of sp³-hybridized carbons (Fsp3) is 0.700. The molecule has 0 spiro atoms. The fourth-order valence-corrected chi connectivity index (χ4v) is 3.43. The van der Waals surface area contributed by atoms with Crippen molar-refractivity contribution in [1.29, 1.82) is 0 Å². The molecule has 0 aliphatic heterocycles. The van der Waals surface area contributed by atoms with Crippen LogP contribution in [0.3, 0.4) is 0 Å². The second-order valence-corrected chi connectivity index (χ2v) is 6.64. The van der Waals surface area contributed by atoms with E-state index in [-0.39, 0.29) is 29.1 Å². The van der Waals surface area contributed by atoms with Gasteiger partial charge in [0.05, 0.1) is 0 Å². The Kier molecular flexibility index (Phi) is 12.8. The fourth-order valence-electron chi connectivity index (χ4n) is 3.43. The number of nitrogens with zero attached hydrogens (tertiary/aromatic N) is 1. The summed E-state index contributed by atoms with van der Waals surface area (Å²) in [4.78, 5) is 2.30. The zero-order valence-corrected chi connectivity index (χ0v) is 17.0. The molecule has 0 aliphatic carbocycles. The highest BCUT2D eigenvalue weighted by Gasteiger charge is 2.33. The molecule has 1 unspecified atom stereocenters. The van der Waals surface area contributed by atoms with Crippen LogP contribution in [-0.2, 0) is 5.54 Å². The van der Waals surface area contributed by atoms with E-state index in [1.54, 1.807) is 0 Å². The van der Waals surface area contributed by atoms with E-state index in [0.717, 1.165) is 12.8 Å². The molecule has 3 heteroatoms. The Morgan fingerprint density at radius 3 is 1.96 bits per heavy atom. The van der Waals surface area contributed by atoms with Crippen LogP contribution in [0.5, 0.6) is 0 Å². The lowest BCUT2D eigenvalue weighted by Crippen LogP contribution is -2.42. The Bertz CT molecular complexity index is 382. The molecule has 2 nitrogen and oxygen atoms in total. The van der Waals surface area contributed by atoms with Crippen molar-refractivity contribution < 1.29 is 5.11 Å². The van der Waals surface area contributed by atoms with Crippen LogP contribution in [0.25, 0.3) is 0 Å². The lowest BCUT2D eigenvalue weighted by molar-refractivity contribution is 0.0934. The first-order chi connectivity index (χ1) is 10.7. The second kappa shape index (κ2) is 13.0. The third-order valence-corrected chi connectivity index (χ3v) is 4.89. The molecule has 1 aromatic carbocycles. The Morgan fingerprint density at radius 2 is 1.43 bits per heavy atom. The summed E-state index contributed by atoms with van der Waals surface area (Å²) in [7, 11) is 4.29. The largest absolute Gasteiger partial charge is 0.396 e. The van der Waals surface area contributed by atoms with Gasteiger partial charge in [0.1, 0.15) is 0 Å². The summed E-state index contributed by atoms with van der Waals surface area (Å²) in [5, 5.41) is 9.59. The molecule has 0 aliphatic rings. The van der Waals surface area contributed by atoms with Crippen LogP contribution in [0.15, 0.2) is 30.3 Å². The molecule has 1 atom stereocenters. The number of aliphatic hydroxyl groups is 1. The van der Waals surface area contributed by atoms with Crippen LogP contribution in [0, 0.1) is 0 Å². The first-order valence-electron chi connectivity index (χ1n) is 9.01. The summed E-state index contributed by atoms with van der Waals surface area (Å²) in [5.74, 6) is 0. The van der Waals surface area contributed by atoms with Crippen LogP contribution in [0.4, 0.5) is 0 Å². The molecule has 1 rings (SSSR count). The highest BCUT2D eigenvalue weighted by atomic mass is 79.9. The second-order valence-electron chi connectivity index (χ2n) is 6.64. The number of rotatable bonds is 12. The standard InChI is InChI=1S/C20H35NO.BrH/c1-4-5-6-7-8-9-13-16-20(17-18-22,21(2)3)19-14-11-10-12-15-19;/h10-12,14-15,22H,4-9,13,16-18H2,1-3H3;1H. The highest BCUT2D eigenvalue weighted by molar-refractivity contribution is 8.93. The van der Waals surface area contributed by atoms with E-state index in [2.05, 4.69) is 56.3 Å². The number of halogens is 1. The molecule has 23 heavy (non-hydrogen) atoms. The normalized spacial score (nSPS) is 13.6. The number of unbranched alkanes of at least 4 members (excludes halogenated alkanes) is 6. The molecule has 134 valence electrons. The first kappa shape index (κ1) is 22.6. The zero-order valence-electron chi connectivity index (χ0n) is 15.3. The van der Waals surface area contributed by atoms with E-state index < -0.39 is 0 Å². The third-order valence-electron chi connectivity index (χ3n) is 4.89. The molecular formula is C20H36BrNO. The van der Waals surface area contributed by atoms with Crippen molar-refractivity contribution in [2.75, 3.05) is 20.7 Å². The van der Waals surface area contributed by atoms with Crippen molar-refractivity contribution in [3.05, 3.63) is 35.9 Å². The Hall–Kier alpha value is -0.380. The van der Waals surface area contributed by atoms with Crippen molar-refractivity contribution in [2.24, 2.45) is 0 Å². The smallest absolute Gasteiger partial charge is 0.0476 e. The average molecular weight is 386 g/mol. The Morgan fingerprint density at radius 1 is 0.870 bits per heavy atom. The van der Waals surface area contributed by atoms with Crippen LogP contribution >= 0.6 is 17.0 Å². The van der Waals surface area contributed by atoms with Crippen molar-refractivity contribution >= 4 is 17.0 Å². The predicted molar refractivity (Wildman–Crippen MR) is 106 cm³/mol. The van der Waals surface area contributed by atoms with Gasteiger partial charge in [0.25, 0.3) is 0 Å². The van der Waals surface area contributed by atoms with Gasteiger partial charge < -0.3 is 5.11 Å². The maximum atomic E-state index is 9.59. The Balaban J connectivity index is 0.00000484. The van der Waals surface area contributed by atoms with Crippen LogP contribution in [-0.4, -0.2) is 30.7 Å². The molecule has 0 saturated heterocycles. The SMILES string of the molecule is Br.CCCCCCCCCC(CCO)(c1ccccc1)N(C)C. The van der Waals surface area contributed by atoms with Crippen molar-refractivity contribution in [3.63, 3.8) is 0 Å². The number of hydrogen-bond acceptors (Lipinski definition) is 2. The van der Waals surface area contributed by atoms with Crippen LogP contribution in [0.1, 0.15) is 70.3 Å². The average Bonchev–Trinajstić information content (AvgIpc) is 2.53. The molecule has 0 fully saturated rings. The predicted octanol–water partition coefficient (Wildman–Crippen LogP) is 5.54. The van der Waals surface area contributed by atoms with Crippen LogP contribution in [0.2, 0.25) is 0 Å². The van der Waals surface area contributed by atoms with Gasteiger partial charge in [-0.3, -0.25) is 4.90 Å². The topological polar surface area (TPSA) is 23.5 Å². The van der Waals surface area contributed by atoms with Gasteiger partial charge in [-0.05, 0) is 32.5 Å². The Labute approximate surface area is 154 Å². The minimum atomic E-state index is -0.0283. The highest BCUT2D eigenvalue weighted by Crippen LogP contribution is 2.35. The van der Waals surface area contributed by atoms with Crippen molar-refractivity contribution in [3.8, 4) is 0 Å². The van der Waals surface area contributed by atoms with Crippen LogP contribution < -0.4 is 0 Å². The van der Waals surface area contributed by atoms with Crippen molar-refractivity contribution in [1.82, 2.24) is 4.90 Å². The van der Waals surface area contributed by atoms with Crippen molar-refractivity contribution in [2.45, 2.75) is 70.3 Å². The molecular weight excluding hydrogens is 350 g/mol. The number of aliphatic hydroxyl groups excluding tert-OH is 1. The van der Waals surface area contributed by atoms with E-state index in [1.807, 2.05) is 0 Å². The lowest BCUT2D eigenvalue weighted by atomic mass is 9.81. The molecule has 0 radical (unpaired) electrons. The summed E-state index contributed by atoms with van der Waals surface area (Å²) < 4.78 is 0.